The van der Waals surface area contributed by atoms with Crippen molar-refractivity contribution in [2.45, 2.75) is 6.92 Å². The lowest BCUT2D eigenvalue weighted by molar-refractivity contribution is -0.111. The van der Waals surface area contributed by atoms with E-state index >= 15 is 0 Å². The van der Waals surface area contributed by atoms with Crippen LogP contribution in [0.4, 0.5) is 22.7 Å². The first kappa shape index (κ1) is 28.0. The standard InChI is InChI=1S/C27H37N7O2/c1-7-27(35)33-22-15-23(25(36-6)16-24(22)34(5)12-11-31-8-2)32-26(29)13-18(3)19-9-10-20(17-28)21(14-19)30-4/h7,9-10,13-17,28,30-32H,1,3,8,11-12,29H2,2,4-6H3,(H,33,35)/b26-13+,28-17?. The number of hydrogen-bond acceptors (Lipinski definition) is 8. The van der Waals surface area contributed by atoms with Crippen LogP contribution in [0.2, 0.25) is 0 Å². The predicted molar refractivity (Wildman–Crippen MR) is 152 cm³/mol. The first-order valence-corrected chi connectivity index (χ1v) is 11.6. The molecule has 0 fully saturated rings. The normalized spacial score (nSPS) is 10.8. The van der Waals surface area contributed by atoms with Gasteiger partial charge in [-0.2, -0.15) is 0 Å². The number of hydrogen-bond donors (Lipinski definition) is 6. The molecule has 0 radical (unpaired) electrons. The molecule has 0 heterocycles. The van der Waals surface area contributed by atoms with Gasteiger partial charge >= 0.3 is 0 Å². The van der Waals surface area contributed by atoms with Crippen molar-refractivity contribution in [1.29, 1.82) is 5.41 Å². The van der Waals surface area contributed by atoms with Crippen molar-refractivity contribution >= 4 is 40.4 Å². The highest BCUT2D eigenvalue weighted by Crippen LogP contribution is 2.37. The maximum atomic E-state index is 12.1. The smallest absolute Gasteiger partial charge is 0.247 e. The van der Waals surface area contributed by atoms with Crippen molar-refractivity contribution < 1.29 is 9.53 Å². The lowest BCUT2D eigenvalue weighted by Gasteiger charge is -2.25. The highest BCUT2D eigenvalue weighted by molar-refractivity contribution is 6.02. The van der Waals surface area contributed by atoms with Crippen molar-refractivity contribution in [3.63, 3.8) is 0 Å². The molecule has 192 valence electrons. The molecule has 2 aromatic rings. The number of nitrogens with two attached hydrogens (primary N) is 1. The monoisotopic (exact) mass is 491 g/mol. The average molecular weight is 492 g/mol. The summed E-state index contributed by atoms with van der Waals surface area (Å²) in [5.74, 6) is 0.583. The largest absolute Gasteiger partial charge is 0.494 e. The average Bonchev–Trinajstić information content (AvgIpc) is 2.88. The van der Waals surface area contributed by atoms with Crippen LogP contribution in [-0.2, 0) is 4.79 Å². The highest BCUT2D eigenvalue weighted by Gasteiger charge is 2.16. The fourth-order valence-electron chi connectivity index (χ4n) is 3.54. The van der Waals surface area contributed by atoms with Gasteiger partial charge in [-0.25, -0.2) is 0 Å². The van der Waals surface area contributed by atoms with Gasteiger partial charge in [-0.15, -0.1) is 0 Å². The summed E-state index contributed by atoms with van der Waals surface area (Å²) in [6.07, 6.45) is 4.23. The summed E-state index contributed by atoms with van der Waals surface area (Å²) >= 11 is 0. The SMILES string of the molecule is C=CC(=O)Nc1cc(N/C(N)=C/C(=C)c2ccc(C=N)c(NC)c2)c(OC)cc1N(C)CCNCC. The maximum absolute atomic E-state index is 12.1. The zero-order chi connectivity index (χ0) is 26.7. The van der Waals surface area contributed by atoms with Crippen LogP contribution in [0.25, 0.3) is 5.57 Å². The number of carbonyl (C=O) groups is 1. The number of ether oxygens (including phenoxy) is 1. The Labute approximate surface area is 213 Å². The van der Waals surface area contributed by atoms with Gasteiger partial charge in [0.25, 0.3) is 0 Å². The van der Waals surface area contributed by atoms with E-state index < -0.39 is 0 Å². The molecule has 0 saturated heterocycles. The molecule has 0 saturated carbocycles. The minimum Gasteiger partial charge on any atom is -0.494 e. The Morgan fingerprint density at radius 1 is 1.19 bits per heavy atom. The van der Waals surface area contributed by atoms with Crippen molar-refractivity contribution in [3.05, 3.63) is 72.6 Å². The highest BCUT2D eigenvalue weighted by atomic mass is 16.5. The van der Waals surface area contributed by atoms with E-state index in [0.29, 0.717) is 28.5 Å². The molecule has 9 nitrogen and oxygen atoms in total. The van der Waals surface area contributed by atoms with E-state index in [1.165, 1.54) is 12.3 Å². The van der Waals surface area contributed by atoms with Crippen LogP contribution in [-0.4, -0.2) is 53.0 Å². The molecule has 0 aliphatic rings. The first-order valence-electron chi connectivity index (χ1n) is 11.6. The van der Waals surface area contributed by atoms with Crippen molar-refractivity contribution in [3.8, 4) is 5.75 Å². The summed E-state index contributed by atoms with van der Waals surface area (Å²) in [6.45, 7) is 12.1. The predicted octanol–water partition coefficient (Wildman–Crippen LogP) is 3.83. The molecule has 0 aliphatic heterocycles. The number of likely N-dealkylation sites (N-methyl/N-ethyl adjacent to an activating group) is 2. The second kappa shape index (κ2) is 13.6. The van der Waals surface area contributed by atoms with Gasteiger partial charge in [0.2, 0.25) is 5.91 Å². The number of rotatable bonds is 14. The third kappa shape index (κ3) is 7.38. The summed E-state index contributed by atoms with van der Waals surface area (Å²) in [7, 11) is 5.33. The number of benzene rings is 2. The molecule has 9 heteroatoms. The van der Waals surface area contributed by atoms with E-state index in [1.807, 2.05) is 36.2 Å². The van der Waals surface area contributed by atoms with Crippen LogP contribution in [0.5, 0.6) is 5.75 Å². The van der Waals surface area contributed by atoms with Crippen LogP contribution in [0, 0.1) is 5.41 Å². The minimum absolute atomic E-state index is 0.321. The van der Waals surface area contributed by atoms with E-state index in [4.69, 9.17) is 15.9 Å². The number of amides is 1. The lowest BCUT2D eigenvalue weighted by atomic mass is 10.0. The number of carbonyl (C=O) groups excluding carboxylic acids is 1. The Morgan fingerprint density at radius 2 is 1.94 bits per heavy atom. The molecule has 0 aliphatic carbocycles. The van der Waals surface area contributed by atoms with E-state index in [9.17, 15) is 4.79 Å². The lowest BCUT2D eigenvalue weighted by Crippen LogP contribution is -2.29. The molecule has 7 N–H and O–H groups in total. The van der Waals surface area contributed by atoms with Crippen molar-refractivity contribution in [2.75, 3.05) is 61.7 Å². The Morgan fingerprint density at radius 3 is 2.56 bits per heavy atom. The van der Waals surface area contributed by atoms with Gasteiger partial charge in [0.15, 0.2) is 0 Å². The molecule has 0 aromatic heterocycles. The molecule has 2 rings (SSSR count). The van der Waals surface area contributed by atoms with Crippen LogP contribution >= 0.6 is 0 Å². The first-order chi connectivity index (χ1) is 17.3. The molecule has 0 spiro atoms. The third-order valence-electron chi connectivity index (χ3n) is 5.50. The van der Waals surface area contributed by atoms with E-state index in [1.54, 1.807) is 26.3 Å². The third-order valence-corrected chi connectivity index (χ3v) is 5.50. The Kier molecular flexibility index (Phi) is 10.6. The summed E-state index contributed by atoms with van der Waals surface area (Å²) in [6, 6.07) is 9.27. The molecular weight excluding hydrogens is 454 g/mol. The Balaban J connectivity index is 2.37. The van der Waals surface area contributed by atoms with Crippen LogP contribution in [0.3, 0.4) is 0 Å². The van der Waals surface area contributed by atoms with Crippen molar-refractivity contribution in [1.82, 2.24) is 5.32 Å². The van der Waals surface area contributed by atoms with Gasteiger partial charge in [0.1, 0.15) is 11.6 Å². The van der Waals surface area contributed by atoms with Crippen LogP contribution in [0.15, 0.2) is 61.5 Å². The van der Waals surface area contributed by atoms with Gasteiger partial charge in [-0.05, 0) is 42.0 Å². The fourth-order valence-corrected chi connectivity index (χ4v) is 3.54. The second-order valence-corrected chi connectivity index (χ2v) is 7.98. The fraction of sp³-hybridized carbons (Fsp3) is 0.259. The van der Waals surface area contributed by atoms with Gasteiger partial charge in [-0.3, -0.25) is 4.79 Å². The van der Waals surface area contributed by atoms with Crippen LogP contribution in [0.1, 0.15) is 18.1 Å². The second-order valence-electron chi connectivity index (χ2n) is 7.98. The summed E-state index contributed by atoms with van der Waals surface area (Å²) in [5.41, 5.74) is 11.4. The summed E-state index contributed by atoms with van der Waals surface area (Å²) in [4.78, 5) is 14.2. The molecule has 2 aromatic carbocycles. The number of allylic oxidation sites excluding steroid dienone is 2. The number of anilines is 4. The number of nitrogens with zero attached hydrogens (tertiary/aromatic N) is 1. The van der Waals surface area contributed by atoms with Crippen molar-refractivity contribution in [2.24, 2.45) is 5.73 Å². The Hall–Kier alpha value is -4.24. The molecule has 0 unspecified atom stereocenters. The minimum atomic E-state index is -0.321. The Bertz CT molecular complexity index is 1140. The quantitative estimate of drug-likeness (QED) is 0.103. The van der Waals surface area contributed by atoms with E-state index in [0.717, 1.165) is 42.1 Å². The zero-order valence-electron chi connectivity index (χ0n) is 21.5. The number of nitrogens with one attached hydrogen (secondary N) is 5. The van der Waals surface area contributed by atoms with Gasteiger partial charge in [0, 0.05) is 50.7 Å². The number of methoxy groups -OCH3 is 1. The van der Waals surface area contributed by atoms with Gasteiger partial charge < -0.3 is 42.0 Å². The molecule has 0 atom stereocenters. The maximum Gasteiger partial charge on any atom is 0.247 e. The van der Waals surface area contributed by atoms with Gasteiger partial charge in [-0.1, -0.05) is 32.2 Å². The molecular formula is C27H37N7O2. The summed E-state index contributed by atoms with van der Waals surface area (Å²) < 4.78 is 5.62. The molecule has 36 heavy (non-hydrogen) atoms. The van der Waals surface area contributed by atoms with E-state index in [-0.39, 0.29) is 5.91 Å². The van der Waals surface area contributed by atoms with Gasteiger partial charge in [0.05, 0.1) is 24.2 Å². The topological polar surface area (TPSA) is 128 Å². The molecule has 1 amide bonds. The summed E-state index contributed by atoms with van der Waals surface area (Å²) in [5, 5.41) is 19.9. The zero-order valence-corrected chi connectivity index (χ0v) is 21.5. The van der Waals surface area contributed by atoms with Crippen LogP contribution < -0.4 is 36.6 Å². The molecule has 0 bridgehead atoms. The van der Waals surface area contributed by atoms with E-state index in [2.05, 4.69) is 41.3 Å².